The molecular formula is C20H25NOS. The fraction of sp³-hybridized carbons (Fsp3) is 0.400. The summed E-state index contributed by atoms with van der Waals surface area (Å²) in [5.41, 5.74) is 4.13. The van der Waals surface area contributed by atoms with E-state index in [1.807, 2.05) is 20.8 Å². The second kappa shape index (κ2) is 6.58. The number of rotatable bonds is 3. The summed E-state index contributed by atoms with van der Waals surface area (Å²) in [5, 5.41) is 0. The van der Waals surface area contributed by atoms with Gasteiger partial charge in [-0.1, -0.05) is 54.6 Å². The largest absolute Gasteiger partial charge is 0.242 e. The highest BCUT2D eigenvalue weighted by atomic mass is 32.2. The first-order valence-corrected chi connectivity index (χ1v) is 9.41. The quantitative estimate of drug-likeness (QED) is 0.900. The fourth-order valence-corrected chi connectivity index (χ4v) is 4.08. The normalized spacial score (nSPS) is 22.4. The number of fused-ring (bicyclic) bond motifs is 1. The van der Waals surface area contributed by atoms with Gasteiger partial charge >= 0.3 is 0 Å². The topological polar surface area (TPSA) is 29.1 Å². The molecule has 0 spiro atoms. The lowest BCUT2D eigenvalue weighted by atomic mass is 9.77. The molecule has 0 aromatic heterocycles. The summed E-state index contributed by atoms with van der Waals surface area (Å²) in [5.74, 6) is 0.371. The molecule has 2 aromatic rings. The van der Waals surface area contributed by atoms with Crippen molar-refractivity contribution in [3.8, 4) is 0 Å². The number of hydrogen-bond donors (Lipinski definition) is 1. The summed E-state index contributed by atoms with van der Waals surface area (Å²) in [6.45, 7) is 6.05. The van der Waals surface area contributed by atoms with E-state index in [1.165, 1.54) is 16.7 Å². The lowest BCUT2D eigenvalue weighted by Gasteiger charge is -2.33. The summed E-state index contributed by atoms with van der Waals surface area (Å²) in [6, 6.07) is 19.6. The number of nitrogens with one attached hydrogen (secondary N) is 1. The molecule has 122 valence electrons. The summed E-state index contributed by atoms with van der Waals surface area (Å²) in [4.78, 5) is 0. The predicted octanol–water partition coefficient (Wildman–Crippen LogP) is 4.19. The molecule has 1 N–H and O–H groups in total. The molecule has 0 aliphatic heterocycles. The Kier molecular flexibility index (Phi) is 4.69. The van der Waals surface area contributed by atoms with Gasteiger partial charge in [0.1, 0.15) is 0 Å². The third kappa shape index (κ3) is 3.73. The van der Waals surface area contributed by atoms with Crippen molar-refractivity contribution in [1.29, 1.82) is 0 Å². The Hall–Kier alpha value is -1.45. The summed E-state index contributed by atoms with van der Waals surface area (Å²) in [6.07, 6.45) is 1.93. The molecule has 23 heavy (non-hydrogen) atoms. The Morgan fingerprint density at radius 1 is 1.00 bits per heavy atom. The smallest absolute Gasteiger partial charge is 0.0972 e. The number of hydrogen-bond acceptors (Lipinski definition) is 1. The van der Waals surface area contributed by atoms with Crippen molar-refractivity contribution in [2.75, 3.05) is 0 Å². The van der Waals surface area contributed by atoms with Crippen molar-refractivity contribution in [3.05, 3.63) is 71.3 Å². The molecule has 0 unspecified atom stereocenters. The van der Waals surface area contributed by atoms with Crippen LogP contribution in [0.1, 0.15) is 49.8 Å². The second-order valence-corrected chi connectivity index (χ2v) is 9.30. The Bertz CT molecular complexity index is 690. The molecule has 0 saturated carbocycles. The van der Waals surface area contributed by atoms with Gasteiger partial charge in [0, 0.05) is 12.0 Å². The molecule has 2 nitrogen and oxygen atoms in total. The molecule has 3 atom stereocenters. The van der Waals surface area contributed by atoms with Crippen molar-refractivity contribution in [3.63, 3.8) is 0 Å². The van der Waals surface area contributed by atoms with Gasteiger partial charge in [0.05, 0.1) is 15.7 Å². The Morgan fingerprint density at radius 3 is 2.35 bits per heavy atom. The number of benzene rings is 2. The minimum absolute atomic E-state index is 0.237. The van der Waals surface area contributed by atoms with Gasteiger partial charge in [-0.05, 0) is 50.3 Å². The molecule has 1 aliphatic carbocycles. The standard InChI is InChI=1S/C20H25NOS/c1-20(2,3)23(22)21-17-13-16-11-7-8-12-18(16)19(14-17)15-9-5-4-6-10-15/h4-12,17,19,21H,13-14H2,1-3H3/t17-,19-,23+/m0/s1. The third-order valence-electron chi connectivity index (χ3n) is 4.45. The lowest BCUT2D eigenvalue weighted by Crippen LogP contribution is -2.43. The van der Waals surface area contributed by atoms with Crippen LogP contribution in [0, 0.1) is 0 Å². The SMILES string of the molecule is CC(C)(C)[S@@](=O)N[C@H]1Cc2ccccc2[C@H](c2ccccc2)C1. The first-order valence-electron chi connectivity index (χ1n) is 8.26. The van der Waals surface area contributed by atoms with Crippen LogP contribution in [0.3, 0.4) is 0 Å². The zero-order valence-corrected chi connectivity index (χ0v) is 14.9. The van der Waals surface area contributed by atoms with Crippen molar-refractivity contribution in [2.45, 2.75) is 50.3 Å². The molecule has 2 aromatic carbocycles. The molecule has 0 heterocycles. The van der Waals surface area contributed by atoms with E-state index in [0.29, 0.717) is 5.92 Å². The van der Waals surface area contributed by atoms with Crippen LogP contribution in [0.25, 0.3) is 0 Å². The minimum Gasteiger partial charge on any atom is -0.242 e. The van der Waals surface area contributed by atoms with Crippen LogP contribution in [0.2, 0.25) is 0 Å². The summed E-state index contributed by atoms with van der Waals surface area (Å²) < 4.78 is 15.6. The van der Waals surface area contributed by atoms with E-state index < -0.39 is 11.0 Å². The molecule has 1 aliphatic rings. The van der Waals surface area contributed by atoms with Crippen molar-refractivity contribution < 1.29 is 4.21 Å². The average molecular weight is 327 g/mol. The lowest BCUT2D eigenvalue weighted by molar-refractivity contribution is 0.492. The zero-order chi connectivity index (χ0) is 16.4. The first-order chi connectivity index (χ1) is 10.9. The fourth-order valence-electron chi connectivity index (χ4n) is 3.24. The maximum absolute atomic E-state index is 12.5. The Balaban J connectivity index is 1.89. The summed E-state index contributed by atoms with van der Waals surface area (Å²) >= 11 is 0. The molecule has 0 fully saturated rings. The van der Waals surface area contributed by atoms with E-state index in [1.54, 1.807) is 0 Å². The maximum atomic E-state index is 12.5. The first kappa shape index (κ1) is 16.4. The highest BCUT2D eigenvalue weighted by Crippen LogP contribution is 2.36. The average Bonchev–Trinajstić information content (AvgIpc) is 2.54. The second-order valence-electron chi connectivity index (χ2n) is 7.30. The monoisotopic (exact) mass is 327 g/mol. The molecule has 0 amide bonds. The van der Waals surface area contributed by atoms with Crippen LogP contribution in [0.15, 0.2) is 54.6 Å². The van der Waals surface area contributed by atoms with Crippen LogP contribution >= 0.6 is 0 Å². The van der Waals surface area contributed by atoms with Gasteiger partial charge in [-0.15, -0.1) is 0 Å². The van der Waals surface area contributed by atoms with Crippen LogP contribution < -0.4 is 4.72 Å². The molecule has 3 rings (SSSR count). The van der Waals surface area contributed by atoms with Gasteiger partial charge in [-0.25, -0.2) is 8.93 Å². The molecule has 0 saturated heterocycles. The van der Waals surface area contributed by atoms with E-state index in [4.69, 9.17) is 0 Å². The van der Waals surface area contributed by atoms with E-state index in [-0.39, 0.29) is 10.8 Å². The third-order valence-corrected chi connectivity index (χ3v) is 6.11. The highest BCUT2D eigenvalue weighted by molar-refractivity contribution is 7.84. The van der Waals surface area contributed by atoms with Crippen molar-refractivity contribution >= 4 is 11.0 Å². The van der Waals surface area contributed by atoms with Gasteiger partial charge in [-0.3, -0.25) is 0 Å². The van der Waals surface area contributed by atoms with Crippen molar-refractivity contribution in [2.24, 2.45) is 0 Å². The zero-order valence-electron chi connectivity index (χ0n) is 14.1. The predicted molar refractivity (Wildman–Crippen MR) is 97.9 cm³/mol. The highest BCUT2D eigenvalue weighted by Gasteiger charge is 2.30. The molecule has 0 radical (unpaired) electrons. The minimum atomic E-state index is -1.03. The van der Waals surface area contributed by atoms with E-state index in [0.717, 1.165) is 12.8 Å². The van der Waals surface area contributed by atoms with E-state index in [2.05, 4.69) is 59.3 Å². The van der Waals surface area contributed by atoms with Crippen LogP contribution in [-0.4, -0.2) is 15.0 Å². The maximum Gasteiger partial charge on any atom is 0.0972 e. The van der Waals surface area contributed by atoms with Crippen LogP contribution in [0.4, 0.5) is 0 Å². The van der Waals surface area contributed by atoms with Crippen LogP contribution in [0.5, 0.6) is 0 Å². The molecule has 0 bridgehead atoms. The Morgan fingerprint density at radius 2 is 1.65 bits per heavy atom. The molecule has 3 heteroatoms. The van der Waals surface area contributed by atoms with Gasteiger partial charge in [0.15, 0.2) is 0 Å². The van der Waals surface area contributed by atoms with Gasteiger partial charge in [-0.2, -0.15) is 0 Å². The van der Waals surface area contributed by atoms with E-state index in [9.17, 15) is 4.21 Å². The van der Waals surface area contributed by atoms with Gasteiger partial charge < -0.3 is 0 Å². The van der Waals surface area contributed by atoms with E-state index >= 15 is 0 Å². The Labute approximate surface area is 141 Å². The van der Waals surface area contributed by atoms with Crippen molar-refractivity contribution in [1.82, 2.24) is 4.72 Å². The van der Waals surface area contributed by atoms with Gasteiger partial charge in [0.25, 0.3) is 0 Å². The van der Waals surface area contributed by atoms with Gasteiger partial charge in [0.2, 0.25) is 0 Å². The summed E-state index contributed by atoms with van der Waals surface area (Å²) in [7, 11) is -1.03. The molecular weight excluding hydrogens is 302 g/mol. The van der Waals surface area contributed by atoms with Crippen LogP contribution in [-0.2, 0) is 17.4 Å².